The van der Waals surface area contributed by atoms with Gasteiger partial charge in [0.2, 0.25) is 11.0 Å². The summed E-state index contributed by atoms with van der Waals surface area (Å²) in [4.78, 5) is 11.6. The van der Waals surface area contributed by atoms with Gasteiger partial charge in [0.1, 0.15) is 5.01 Å². The molecule has 0 radical (unpaired) electrons. The summed E-state index contributed by atoms with van der Waals surface area (Å²) in [6, 6.07) is 11.3. The standard InChI is InChI=1S/C18H15ClN6OS/c1-2-15(26)21-11-5-3-4-10(8-11)17-24-25-18(27-17)22-14-7-6-13-12(16(14)19)9-20-23-13/h3-9H,2H2,1H3,(H,20,23)(H,21,26)(H,22,25). The van der Waals surface area contributed by atoms with Gasteiger partial charge in [-0.2, -0.15) is 5.10 Å². The highest BCUT2D eigenvalue weighted by Crippen LogP contribution is 2.34. The SMILES string of the molecule is CCC(=O)Nc1cccc(-c2nnc(Nc3ccc4[nH]ncc4c3Cl)s2)c1. The summed E-state index contributed by atoms with van der Waals surface area (Å²) in [7, 11) is 0. The third kappa shape index (κ3) is 3.62. The molecule has 4 rings (SSSR count). The Morgan fingerprint density at radius 1 is 1.26 bits per heavy atom. The molecule has 0 aliphatic heterocycles. The lowest BCUT2D eigenvalue weighted by Gasteiger charge is -2.05. The van der Waals surface area contributed by atoms with Crippen molar-refractivity contribution < 1.29 is 4.79 Å². The first-order valence-electron chi connectivity index (χ1n) is 8.26. The molecule has 27 heavy (non-hydrogen) atoms. The Hall–Kier alpha value is -2.97. The van der Waals surface area contributed by atoms with Crippen molar-refractivity contribution in [1.82, 2.24) is 20.4 Å². The van der Waals surface area contributed by atoms with E-state index in [9.17, 15) is 4.79 Å². The molecule has 0 saturated carbocycles. The number of carbonyl (C=O) groups excluding carboxylic acids is 1. The molecule has 2 aromatic heterocycles. The first-order chi connectivity index (χ1) is 13.1. The number of benzene rings is 2. The number of nitrogens with zero attached hydrogens (tertiary/aromatic N) is 3. The fraction of sp³-hybridized carbons (Fsp3) is 0.111. The zero-order chi connectivity index (χ0) is 18.8. The number of hydrogen-bond acceptors (Lipinski definition) is 6. The minimum atomic E-state index is -0.0314. The van der Waals surface area contributed by atoms with E-state index >= 15 is 0 Å². The van der Waals surface area contributed by atoms with E-state index in [1.807, 2.05) is 43.3 Å². The third-order valence-corrected chi connectivity index (χ3v) is 5.23. The predicted octanol–water partition coefficient (Wildman–Crippen LogP) is 4.83. The Kier molecular flexibility index (Phi) is 4.74. The van der Waals surface area contributed by atoms with Crippen molar-refractivity contribution in [3.63, 3.8) is 0 Å². The van der Waals surface area contributed by atoms with Gasteiger partial charge in [0.25, 0.3) is 0 Å². The van der Waals surface area contributed by atoms with Gasteiger partial charge in [0, 0.05) is 23.1 Å². The molecule has 2 heterocycles. The molecule has 0 bridgehead atoms. The lowest BCUT2D eigenvalue weighted by Crippen LogP contribution is -2.09. The molecule has 3 N–H and O–H groups in total. The van der Waals surface area contributed by atoms with Crippen molar-refractivity contribution in [2.75, 3.05) is 10.6 Å². The van der Waals surface area contributed by atoms with Crippen LogP contribution in [0.25, 0.3) is 21.5 Å². The van der Waals surface area contributed by atoms with Crippen molar-refractivity contribution in [1.29, 1.82) is 0 Å². The Morgan fingerprint density at radius 3 is 3.00 bits per heavy atom. The molecule has 136 valence electrons. The summed E-state index contributed by atoms with van der Waals surface area (Å²) < 4.78 is 0. The fourth-order valence-electron chi connectivity index (χ4n) is 2.56. The highest BCUT2D eigenvalue weighted by molar-refractivity contribution is 7.18. The Morgan fingerprint density at radius 2 is 2.15 bits per heavy atom. The maximum Gasteiger partial charge on any atom is 0.224 e. The molecule has 9 heteroatoms. The number of aromatic nitrogens is 4. The minimum Gasteiger partial charge on any atom is -0.329 e. The molecule has 7 nitrogen and oxygen atoms in total. The number of H-pyrrole nitrogens is 1. The topological polar surface area (TPSA) is 95.6 Å². The number of anilines is 3. The van der Waals surface area contributed by atoms with Crippen LogP contribution in [-0.2, 0) is 4.79 Å². The number of aromatic amines is 1. The van der Waals surface area contributed by atoms with Crippen molar-refractivity contribution in [2.45, 2.75) is 13.3 Å². The molecule has 0 aliphatic carbocycles. The molecular weight excluding hydrogens is 384 g/mol. The van der Waals surface area contributed by atoms with Crippen LogP contribution in [0, 0.1) is 0 Å². The van der Waals surface area contributed by atoms with Crippen molar-refractivity contribution in [2.24, 2.45) is 0 Å². The van der Waals surface area contributed by atoms with E-state index in [0.29, 0.717) is 16.6 Å². The number of nitrogens with one attached hydrogen (secondary N) is 3. The van der Waals surface area contributed by atoms with E-state index in [-0.39, 0.29) is 5.91 Å². The number of amides is 1. The summed E-state index contributed by atoms with van der Waals surface area (Å²) in [5.41, 5.74) is 3.22. The lowest BCUT2D eigenvalue weighted by molar-refractivity contribution is -0.115. The number of halogens is 1. The van der Waals surface area contributed by atoms with Gasteiger partial charge in [-0.25, -0.2) is 0 Å². The average Bonchev–Trinajstić information content (AvgIpc) is 3.34. The molecule has 0 spiro atoms. The number of hydrogen-bond donors (Lipinski definition) is 3. The Bertz CT molecular complexity index is 1120. The molecular formula is C18H15ClN6OS. The van der Waals surface area contributed by atoms with Crippen LogP contribution in [0.3, 0.4) is 0 Å². The summed E-state index contributed by atoms with van der Waals surface area (Å²) in [6.45, 7) is 1.81. The average molecular weight is 399 g/mol. The van der Waals surface area contributed by atoms with E-state index < -0.39 is 0 Å². The normalized spacial score (nSPS) is 10.9. The molecule has 0 aliphatic rings. The van der Waals surface area contributed by atoms with Gasteiger partial charge in [-0.05, 0) is 24.3 Å². The van der Waals surface area contributed by atoms with Gasteiger partial charge < -0.3 is 10.6 Å². The Labute approximate surface area is 163 Å². The van der Waals surface area contributed by atoms with E-state index in [1.165, 1.54) is 11.3 Å². The van der Waals surface area contributed by atoms with Crippen LogP contribution in [0.15, 0.2) is 42.6 Å². The zero-order valence-corrected chi connectivity index (χ0v) is 15.9. The second kappa shape index (κ2) is 7.34. The highest BCUT2D eigenvalue weighted by Gasteiger charge is 2.12. The van der Waals surface area contributed by atoms with Crippen LogP contribution in [-0.4, -0.2) is 26.3 Å². The van der Waals surface area contributed by atoms with Crippen LogP contribution in [0.5, 0.6) is 0 Å². The minimum absolute atomic E-state index is 0.0314. The monoisotopic (exact) mass is 398 g/mol. The lowest BCUT2D eigenvalue weighted by atomic mass is 10.2. The largest absolute Gasteiger partial charge is 0.329 e. The van der Waals surface area contributed by atoms with E-state index in [1.54, 1.807) is 6.20 Å². The van der Waals surface area contributed by atoms with Crippen LogP contribution in [0.2, 0.25) is 5.02 Å². The van der Waals surface area contributed by atoms with Crippen molar-refractivity contribution in [3.8, 4) is 10.6 Å². The number of fused-ring (bicyclic) bond motifs is 1. The van der Waals surface area contributed by atoms with Crippen LogP contribution in [0.4, 0.5) is 16.5 Å². The van der Waals surface area contributed by atoms with E-state index in [2.05, 4.69) is 31.0 Å². The van der Waals surface area contributed by atoms with E-state index in [0.717, 1.165) is 32.8 Å². The first kappa shape index (κ1) is 17.4. The summed E-state index contributed by atoms with van der Waals surface area (Å²) in [6.07, 6.45) is 2.11. The molecule has 0 saturated heterocycles. The van der Waals surface area contributed by atoms with Gasteiger partial charge in [0.15, 0.2) is 0 Å². The molecule has 1 amide bonds. The molecule has 2 aromatic carbocycles. The van der Waals surface area contributed by atoms with Gasteiger partial charge >= 0.3 is 0 Å². The molecule has 0 fully saturated rings. The second-order valence-electron chi connectivity index (χ2n) is 5.78. The molecule has 4 aromatic rings. The van der Waals surface area contributed by atoms with E-state index in [4.69, 9.17) is 11.6 Å². The zero-order valence-electron chi connectivity index (χ0n) is 14.3. The van der Waals surface area contributed by atoms with Gasteiger partial charge in [0.05, 0.1) is 22.4 Å². The molecule has 0 unspecified atom stereocenters. The van der Waals surface area contributed by atoms with Crippen LogP contribution < -0.4 is 10.6 Å². The number of rotatable bonds is 5. The summed E-state index contributed by atoms with van der Waals surface area (Å²) in [5, 5.41) is 24.1. The Balaban J connectivity index is 1.57. The smallest absolute Gasteiger partial charge is 0.224 e. The maximum absolute atomic E-state index is 11.6. The number of carbonyl (C=O) groups is 1. The quantitative estimate of drug-likeness (QED) is 0.447. The summed E-state index contributed by atoms with van der Waals surface area (Å²) >= 11 is 7.84. The van der Waals surface area contributed by atoms with Crippen LogP contribution >= 0.6 is 22.9 Å². The summed E-state index contributed by atoms with van der Waals surface area (Å²) in [5.74, 6) is -0.0314. The van der Waals surface area contributed by atoms with Gasteiger partial charge in [-0.3, -0.25) is 9.89 Å². The predicted molar refractivity (Wildman–Crippen MR) is 109 cm³/mol. The maximum atomic E-state index is 11.6. The fourth-order valence-corrected chi connectivity index (χ4v) is 3.58. The molecule has 0 atom stereocenters. The first-order valence-corrected chi connectivity index (χ1v) is 9.46. The van der Waals surface area contributed by atoms with Crippen molar-refractivity contribution >= 4 is 56.3 Å². The second-order valence-corrected chi connectivity index (χ2v) is 7.13. The van der Waals surface area contributed by atoms with Crippen molar-refractivity contribution in [3.05, 3.63) is 47.6 Å². The third-order valence-electron chi connectivity index (χ3n) is 3.94. The van der Waals surface area contributed by atoms with Gasteiger partial charge in [-0.1, -0.05) is 42.0 Å². The highest BCUT2D eigenvalue weighted by atomic mass is 35.5. The van der Waals surface area contributed by atoms with Crippen LogP contribution in [0.1, 0.15) is 13.3 Å². The van der Waals surface area contributed by atoms with Gasteiger partial charge in [-0.15, -0.1) is 10.2 Å².